The molecule has 2 atom stereocenters. The molecule has 1 aliphatic rings. The van der Waals surface area contributed by atoms with Crippen LogP contribution in [0.2, 0.25) is 0 Å². The van der Waals surface area contributed by atoms with E-state index in [1.165, 1.54) is 0 Å². The third-order valence-corrected chi connectivity index (χ3v) is 4.25. The standard InChI is InChI=1S/C11H17NO2/c1-10(2)8(5-7-12)4-6-11(10,3)9(13)14/h8H,4-6H2,1-3H3,(H,13,14). The van der Waals surface area contributed by atoms with Crippen molar-refractivity contribution in [1.29, 1.82) is 5.26 Å². The van der Waals surface area contributed by atoms with E-state index in [0.29, 0.717) is 12.8 Å². The lowest BCUT2D eigenvalue weighted by molar-refractivity contribution is -0.154. The monoisotopic (exact) mass is 195 g/mol. The molecule has 0 aromatic heterocycles. The Balaban J connectivity index is 2.97. The molecule has 0 heterocycles. The van der Waals surface area contributed by atoms with Gasteiger partial charge in [-0.3, -0.25) is 4.79 Å². The van der Waals surface area contributed by atoms with Crippen LogP contribution < -0.4 is 0 Å². The Morgan fingerprint density at radius 2 is 2.14 bits per heavy atom. The van der Waals surface area contributed by atoms with Gasteiger partial charge in [0, 0.05) is 6.42 Å². The van der Waals surface area contributed by atoms with Crippen LogP contribution in [0.15, 0.2) is 0 Å². The van der Waals surface area contributed by atoms with Crippen molar-refractivity contribution in [2.45, 2.75) is 40.0 Å². The van der Waals surface area contributed by atoms with Crippen molar-refractivity contribution in [1.82, 2.24) is 0 Å². The van der Waals surface area contributed by atoms with Crippen molar-refractivity contribution in [2.24, 2.45) is 16.7 Å². The summed E-state index contributed by atoms with van der Waals surface area (Å²) in [7, 11) is 0. The molecule has 3 heteroatoms. The van der Waals surface area contributed by atoms with Crippen LogP contribution in [0.3, 0.4) is 0 Å². The summed E-state index contributed by atoms with van der Waals surface area (Å²) in [6.45, 7) is 5.74. The molecule has 1 fully saturated rings. The van der Waals surface area contributed by atoms with E-state index in [9.17, 15) is 9.90 Å². The van der Waals surface area contributed by atoms with Crippen LogP contribution in [0.5, 0.6) is 0 Å². The van der Waals surface area contributed by atoms with Crippen molar-refractivity contribution < 1.29 is 9.90 Å². The van der Waals surface area contributed by atoms with Gasteiger partial charge < -0.3 is 5.11 Å². The number of hydrogen-bond acceptors (Lipinski definition) is 2. The zero-order chi connectivity index (χ0) is 11.0. The summed E-state index contributed by atoms with van der Waals surface area (Å²) in [5, 5.41) is 17.9. The number of nitrogens with zero attached hydrogens (tertiary/aromatic N) is 1. The Morgan fingerprint density at radius 3 is 2.50 bits per heavy atom. The minimum atomic E-state index is -0.733. The maximum absolute atomic E-state index is 11.2. The Kier molecular flexibility index (Phi) is 2.58. The fraction of sp³-hybridized carbons (Fsp3) is 0.818. The van der Waals surface area contributed by atoms with Crippen LogP contribution in [0, 0.1) is 28.1 Å². The van der Waals surface area contributed by atoms with Crippen molar-refractivity contribution in [3.8, 4) is 6.07 Å². The van der Waals surface area contributed by atoms with Gasteiger partial charge in [-0.1, -0.05) is 13.8 Å². The van der Waals surface area contributed by atoms with Gasteiger partial charge in [0.05, 0.1) is 11.5 Å². The van der Waals surface area contributed by atoms with E-state index in [4.69, 9.17) is 5.26 Å². The molecule has 0 aromatic carbocycles. The molecule has 3 nitrogen and oxygen atoms in total. The van der Waals surface area contributed by atoms with Gasteiger partial charge in [-0.25, -0.2) is 0 Å². The lowest BCUT2D eigenvalue weighted by atomic mass is 9.65. The number of hydrogen-bond donors (Lipinski definition) is 1. The molecular weight excluding hydrogens is 178 g/mol. The topological polar surface area (TPSA) is 61.1 Å². The normalized spacial score (nSPS) is 35.1. The highest BCUT2D eigenvalue weighted by atomic mass is 16.4. The van der Waals surface area contributed by atoms with E-state index in [1.807, 2.05) is 13.8 Å². The zero-order valence-electron chi connectivity index (χ0n) is 9.00. The van der Waals surface area contributed by atoms with Gasteiger partial charge in [0.25, 0.3) is 0 Å². The fourth-order valence-corrected chi connectivity index (χ4v) is 2.45. The van der Waals surface area contributed by atoms with Crippen LogP contribution in [0.1, 0.15) is 40.0 Å². The van der Waals surface area contributed by atoms with Crippen LogP contribution in [0.4, 0.5) is 0 Å². The first-order valence-electron chi connectivity index (χ1n) is 4.96. The molecule has 1 rings (SSSR count). The maximum Gasteiger partial charge on any atom is 0.309 e. The van der Waals surface area contributed by atoms with Crippen LogP contribution in [0.25, 0.3) is 0 Å². The van der Waals surface area contributed by atoms with Crippen molar-refractivity contribution in [2.75, 3.05) is 0 Å². The largest absolute Gasteiger partial charge is 0.481 e. The number of carboxylic acid groups (broad SMARTS) is 1. The highest BCUT2D eigenvalue weighted by molar-refractivity contribution is 5.75. The maximum atomic E-state index is 11.2. The second kappa shape index (κ2) is 3.27. The molecule has 1 N–H and O–H groups in total. The Labute approximate surface area is 84.7 Å². The Morgan fingerprint density at radius 1 is 1.57 bits per heavy atom. The van der Waals surface area contributed by atoms with Crippen molar-refractivity contribution in [3.05, 3.63) is 0 Å². The summed E-state index contributed by atoms with van der Waals surface area (Å²) < 4.78 is 0. The van der Waals surface area contributed by atoms with Gasteiger partial charge >= 0.3 is 5.97 Å². The minimum Gasteiger partial charge on any atom is -0.481 e. The zero-order valence-corrected chi connectivity index (χ0v) is 9.00. The average Bonchev–Trinajstić information content (AvgIpc) is 2.30. The summed E-state index contributed by atoms with van der Waals surface area (Å²) in [6, 6.07) is 2.15. The molecule has 0 aromatic rings. The second-order valence-electron chi connectivity index (χ2n) is 4.96. The Hall–Kier alpha value is -1.04. The summed E-state index contributed by atoms with van der Waals surface area (Å²) in [5.74, 6) is -0.517. The molecule has 1 saturated carbocycles. The third kappa shape index (κ3) is 1.30. The summed E-state index contributed by atoms with van der Waals surface area (Å²) in [4.78, 5) is 11.2. The van der Waals surface area contributed by atoms with Crippen LogP contribution in [-0.4, -0.2) is 11.1 Å². The van der Waals surface area contributed by atoms with Gasteiger partial charge in [-0.15, -0.1) is 0 Å². The number of nitriles is 1. The molecule has 0 bridgehead atoms. The molecule has 1 aliphatic carbocycles. The fourth-order valence-electron chi connectivity index (χ4n) is 2.45. The first-order valence-corrected chi connectivity index (χ1v) is 4.96. The van der Waals surface area contributed by atoms with E-state index in [2.05, 4.69) is 6.07 Å². The number of aliphatic carboxylic acids is 1. The van der Waals surface area contributed by atoms with E-state index in [0.717, 1.165) is 6.42 Å². The predicted molar refractivity (Wildman–Crippen MR) is 52.5 cm³/mol. The SMILES string of the molecule is CC1(C(=O)O)CCC(CC#N)C1(C)C. The van der Waals surface area contributed by atoms with Gasteiger partial charge in [0.2, 0.25) is 0 Å². The van der Waals surface area contributed by atoms with Gasteiger partial charge in [-0.05, 0) is 31.1 Å². The van der Waals surface area contributed by atoms with E-state index in [1.54, 1.807) is 6.92 Å². The molecule has 14 heavy (non-hydrogen) atoms. The molecule has 0 spiro atoms. The molecule has 2 unspecified atom stereocenters. The van der Waals surface area contributed by atoms with Crippen molar-refractivity contribution >= 4 is 5.97 Å². The molecule has 0 radical (unpaired) electrons. The minimum absolute atomic E-state index is 0.216. The molecule has 0 aliphatic heterocycles. The molecule has 0 amide bonds. The third-order valence-electron chi connectivity index (χ3n) is 4.25. The van der Waals surface area contributed by atoms with Crippen LogP contribution in [-0.2, 0) is 4.79 Å². The number of carboxylic acids is 1. The highest BCUT2D eigenvalue weighted by Crippen LogP contribution is 2.56. The van der Waals surface area contributed by atoms with Gasteiger partial charge in [0.15, 0.2) is 0 Å². The quantitative estimate of drug-likeness (QED) is 0.736. The summed E-state index contributed by atoms with van der Waals surface area (Å²) in [6.07, 6.45) is 2.00. The Bertz CT molecular complexity index is 290. The second-order valence-corrected chi connectivity index (χ2v) is 4.96. The number of carbonyl (C=O) groups is 1. The first kappa shape index (κ1) is 11.0. The highest BCUT2D eigenvalue weighted by Gasteiger charge is 2.55. The average molecular weight is 195 g/mol. The number of rotatable bonds is 2. The molecular formula is C11H17NO2. The summed E-state index contributed by atoms with van der Waals surface area (Å²) >= 11 is 0. The van der Waals surface area contributed by atoms with E-state index < -0.39 is 11.4 Å². The smallest absolute Gasteiger partial charge is 0.309 e. The predicted octanol–water partition coefficient (Wildman–Crippen LogP) is 2.43. The van der Waals surface area contributed by atoms with E-state index >= 15 is 0 Å². The summed E-state index contributed by atoms with van der Waals surface area (Å²) in [5.41, 5.74) is -0.955. The molecule has 78 valence electrons. The van der Waals surface area contributed by atoms with Crippen molar-refractivity contribution in [3.63, 3.8) is 0 Å². The van der Waals surface area contributed by atoms with E-state index in [-0.39, 0.29) is 11.3 Å². The first-order chi connectivity index (χ1) is 6.36. The molecule has 0 saturated heterocycles. The van der Waals surface area contributed by atoms with Crippen LogP contribution >= 0.6 is 0 Å². The van der Waals surface area contributed by atoms with Gasteiger partial charge in [-0.2, -0.15) is 5.26 Å². The lowest BCUT2D eigenvalue weighted by Crippen LogP contribution is -2.40. The lowest BCUT2D eigenvalue weighted by Gasteiger charge is -2.37. The van der Waals surface area contributed by atoms with Gasteiger partial charge in [0.1, 0.15) is 0 Å².